The Morgan fingerprint density at radius 2 is 1.21 bits per heavy atom. The molecule has 3 aliphatic carbocycles. The summed E-state index contributed by atoms with van der Waals surface area (Å²) in [7, 11) is 1.55. The summed E-state index contributed by atoms with van der Waals surface area (Å²) in [4.78, 5) is 54.0. The number of ether oxygens (including phenoxy) is 2. The van der Waals surface area contributed by atoms with Gasteiger partial charge in [-0.15, -0.1) is 0 Å². The highest BCUT2D eigenvalue weighted by Gasteiger charge is 2.61. The maximum absolute atomic E-state index is 13.9. The lowest BCUT2D eigenvalue weighted by Crippen LogP contribution is -2.41. The molecule has 2 bridgehead atoms. The molecule has 1 N–H and O–H groups in total. The summed E-state index contributed by atoms with van der Waals surface area (Å²) >= 11 is 0. The molecule has 1 heterocycles. The highest BCUT2D eigenvalue weighted by molar-refractivity contribution is 6.23. The zero-order valence-electron chi connectivity index (χ0n) is 22.7. The summed E-state index contributed by atoms with van der Waals surface area (Å²) in [6, 6.07) is 29.1. The number of hydrogen-bond donors (Lipinski definition) is 1. The quantitative estimate of drug-likeness (QED) is 0.267. The van der Waals surface area contributed by atoms with Gasteiger partial charge in [0.2, 0.25) is 11.8 Å². The second kappa shape index (κ2) is 9.99. The molecule has 0 unspecified atom stereocenters. The molecule has 42 heavy (non-hydrogen) atoms. The SMILES string of the molecule is COc1ccc(NC(=O)COC(=O)c2ccc(N3C(=O)[C@@H]4C5c6ccccc6C(c6ccccc65)[C@H]4C3=O)cc2)cc1. The van der Waals surface area contributed by atoms with Crippen LogP contribution in [0.25, 0.3) is 0 Å². The number of esters is 1. The number of nitrogens with zero attached hydrogens (tertiary/aromatic N) is 1. The van der Waals surface area contributed by atoms with E-state index in [2.05, 4.69) is 29.6 Å². The molecule has 8 nitrogen and oxygen atoms in total. The molecule has 1 aliphatic heterocycles. The average molecular weight is 559 g/mol. The molecule has 4 aromatic carbocycles. The maximum Gasteiger partial charge on any atom is 0.338 e. The Morgan fingerprint density at radius 3 is 1.69 bits per heavy atom. The Hall–Kier alpha value is -5.24. The van der Waals surface area contributed by atoms with E-state index in [1.807, 2.05) is 24.3 Å². The van der Waals surface area contributed by atoms with Gasteiger partial charge in [0.05, 0.1) is 30.2 Å². The van der Waals surface area contributed by atoms with Crippen molar-refractivity contribution in [3.63, 3.8) is 0 Å². The lowest BCUT2D eigenvalue weighted by atomic mass is 9.55. The van der Waals surface area contributed by atoms with E-state index in [-0.39, 0.29) is 29.2 Å². The summed E-state index contributed by atoms with van der Waals surface area (Å²) < 4.78 is 10.3. The third-order valence-corrected chi connectivity index (χ3v) is 8.52. The Morgan fingerprint density at radius 1 is 0.714 bits per heavy atom. The second-order valence-electron chi connectivity index (χ2n) is 10.7. The number of rotatable bonds is 6. The van der Waals surface area contributed by atoms with Crippen LogP contribution in [0.3, 0.4) is 0 Å². The molecule has 4 aromatic rings. The molecule has 1 fully saturated rings. The molecular weight excluding hydrogens is 532 g/mol. The zero-order valence-corrected chi connectivity index (χ0v) is 22.7. The third kappa shape index (κ3) is 3.98. The first-order chi connectivity index (χ1) is 20.5. The number of anilines is 2. The van der Waals surface area contributed by atoms with Crippen LogP contribution < -0.4 is 15.0 Å². The lowest BCUT2D eigenvalue weighted by molar-refractivity contribution is -0.122. The number of carbonyl (C=O) groups excluding carboxylic acids is 4. The minimum Gasteiger partial charge on any atom is -0.497 e. The summed E-state index contributed by atoms with van der Waals surface area (Å²) in [5, 5.41) is 2.65. The van der Waals surface area contributed by atoms with Gasteiger partial charge in [0, 0.05) is 17.5 Å². The zero-order chi connectivity index (χ0) is 29.0. The van der Waals surface area contributed by atoms with Gasteiger partial charge < -0.3 is 14.8 Å². The van der Waals surface area contributed by atoms with E-state index in [1.54, 1.807) is 43.5 Å². The van der Waals surface area contributed by atoms with E-state index in [1.165, 1.54) is 17.0 Å². The predicted molar refractivity (Wildman–Crippen MR) is 154 cm³/mol. The molecule has 1 saturated heterocycles. The minimum atomic E-state index is -0.692. The number of nitrogens with one attached hydrogen (secondary N) is 1. The van der Waals surface area contributed by atoms with Gasteiger partial charge in [-0.25, -0.2) is 9.69 Å². The van der Waals surface area contributed by atoms with E-state index >= 15 is 0 Å². The predicted octanol–water partition coefficient (Wildman–Crippen LogP) is 4.89. The summed E-state index contributed by atoms with van der Waals surface area (Å²) in [5.41, 5.74) is 5.59. The molecule has 2 atom stereocenters. The van der Waals surface area contributed by atoms with Gasteiger partial charge in [0.25, 0.3) is 5.91 Å². The fraction of sp³-hybridized carbons (Fsp3) is 0.176. The Kier molecular flexibility index (Phi) is 6.12. The highest BCUT2D eigenvalue weighted by atomic mass is 16.5. The van der Waals surface area contributed by atoms with Crippen LogP contribution in [0, 0.1) is 11.8 Å². The number of methoxy groups -OCH3 is 1. The van der Waals surface area contributed by atoms with Crippen molar-refractivity contribution in [1.29, 1.82) is 0 Å². The Bertz CT molecular complexity index is 1630. The molecule has 208 valence electrons. The molecule has 0 radical (unpaired) electrons. The van der Waals surface area contributed by atoms with Gasteiger partial charge in [0.15, 0.2) is 6.61 Å². The van der Waals surface area contributed by atoms with Crippen LogP contribution in [-0.2, 0) is 19.1 Å². The first kappa shape index (κ1) is 25.7. The van der Waals surface area contributed by atoms with Crippen LogP contribution in [0.5, 0.6) is 5.75 Å². The average Bonchev–Trinajstić information content (AvgIpc) is 3.30. The van der Waals surface area contributed by atoms with E-state index in [0.29, 0.717) is 17.1 Å². The van der Waals surface area contributed by atoms with Crippen LogP contribution in [0.1, 0.15) is 44.4 Å². The molecule has 0 aromatic heterocycles. The van der Waals surface area contributed by atoms with E-state index in [4.69, 9.17) is 9.47 Å². The minimum absolute atomic E-state index is 0.188. The van der Waals surface area contributed by atoms with Crippen LogP contribution in [0.15, 0.2) is 97.1 Å². The first-order valence-electron chi connectivity index (χ1n) is 13.7. The Labute approximate surface area is 241 Å². The third-order valence-electron chi connectivity index (χ3n) is 8.52. The fourth-order valence-electron chi connectivity index (χ4n) is 6.76. The molecule has 0 spiro atoms. The highest BCUT2D eigenvalue weighted by Crippen LogP contribution is 2.61. The van der Waals surface area contributed by atoms with Gasteiger partial charge in [-0.1, -0.05) is 48.5 Å². The van der Waals surface area contributed by atoms with Crippen molar-refractivity contribution in [2.75, 3.05) is 23.9 Å². The lowest BCUT2D eigenvalue weighted by Gasteiger charge is -2.45. The van der Waals surface area contributed by atoms with Crippen molar-refractivity contribution in [3.8, 4) is 5.75 Å². The van der Waals surface area contributed by atoms with Crippen molar-refractivity contribution in [2.45, 2.75) is 11.8 Å². The van der Waals surface area contributed by atoms with Gasteiger partial charge in [-0.05, 0) is 70.8 Å². The largest absolute Gasteiger partial charge is 0.497 e. The number of amides is 3. The van der Waals surface area contributed by atoms with Crippen LogP contribution in [0.4, 0.5) is 11.4 Å². The van der Waals surface area contributed by atoms with E-state index in [0.717, 1.165) is 22.3 Å². The van der Waals surface area contributed by atoms with Crippen molar-refractivity contribution in [1.82, 2.24) is 0 Å². The van der Waals surface area contributed by atoms with Gasteiger partial charge >= 0.3 is 5.97 Å². The number of imide groups is 1. The molecule has 0 saturated carbocycles. The van der Waals surface area contributed by atoms with Crippen molar-refractivity contribution >= 4 is 35.1 Å². The molecule has 8 heteroatoms. The molecule has 8 rings (SSSR count). The van der Waals surface area contributed by atoms with E-state index in [9.17, 15) is 19.2 Å². The number of hydrogen-bond acceptors (Lipinski definition) is 6. The summed E-state index contributed by atoms with van der Waals surface area (Å²) in [5.74, 6) is -2.33. The number of carbonyl (C=O) groups is 4. The number of benzene rings is 4. The summed E-state index contributed by atoms with van der Waals surface area (Å²) in [6.45, 7) is -0.469. The van der Waals surface area contributed by atoms with Crippen LogP contribution in [-0.4, -0.2) is 37.4 Å². The topological polar surface area (TPSA) is 102 Å². The van der Waals surface area contributed by atoms with Crippen LogP contribution >= 0.6 is 0 Å². The van der Waals surface area contributed by atoms with Crippen molar-refractivity contribution in [3.05, 3.63) is 125 Å². The monoisotopic (exact) mass is 558 g/mol. The van der Waals surface area contributed by atoms with E-state index < -0.39 is 30.3 Å². The normalized spacial score (nSPS) is 21.3. The Balaban J connectivity index is 1.07. The fourth-order valence-corrected chi connectivity index (χ4v) is 6.76. The van der Waals surface area contributed by atoms with Crippen LogP contribution in [0.2, 0.25) is 0 Å². The molecular formula is C34H26N2O6. The summed E-state index contributed by atoms with van der Waals surface area (Å²) in [6.07, 6.45) is 0. The second-order valence-corrected chi connectivity index (χ2v) is 10.7. The maximum atomic E-state index is 13.9. The molecule has 4 aliphatic rings. The first-order valence-corrected chi connectivity index (χ1v) is 13.7. The van der Waals surface area contributed by atoms with Gasteiger partial charge in [0.1, 0.15) is 5.75 Å². The smallest absolute Gasteiger partial charge is 0.338 e. The standard InChI is InChI=1S/C34H26N2O6/c1-41-22-16-12-20(13-17-22)35-27(37)18-42-34(40)19-10-14-21(15-11-19)36-32(38)30-28-23-6-2-3-7-24(23)29(31(30)33(36)39)26-9-5-4-8-25(26)28/h2-17,28-31H,18H2,1H3,(H,35,37)/t28?,29?,30-,31-/m1/s1. The van der Waals surface area contributed by atoms with Crippen molar-refractivity contribution in [2.24, 2.45) is 11.8 Å². The van der Waals surface area contributed by atoms with Gasteiger partial charge in [-0.2, -0.15) is 0 Å². The van der Waals surface area contributed by atoms with Crippen molar-refractivity contribution < 1.29 is 28.7 Å². The molecule has 3 amide bonds. The van der Waals surface area contributed by atoms with Gasteiger partial charge in [-0.3, -0.25) is 14.4 Å².